The molecule has 4 heteroatoms. The molecule has 0 saturated heterocycles. The van der Waals surface area contributed by atoms with Crippen LogP contribution in [0.2, 0.25) is 0 Å². The zero-order valence-electron chi connectivity index (χ0n) is 10.4. The number of hydrogen-bond donors (Lipinski definition) is 2. The van der Waals surface area contributed by atoms with Crippen LogP contribution in [-0.2, 0) is 6.54 Å². The van der Waals surface area contributed by atoms with Gasteiger partial charge in [-0.25, -0.2) is 4.98 Å². The van der Waals surface area contributed by atoms with Crippen molar-refractivity contribution in [2.24, 2.45) is 0 Å². The SMILES string of the molecule is c1ccc2nc(CNCCNC3CC3)cnc2c1. The second-order valence-corrected chi connectivity index (χ2v) is 4.76. The minimum absolute atomic E-state index is 0.782. The first-order chi connectivity index (χ1) is 8.92. The fourth-order valence-electron chi connectivity index (χ4n) is 1.95. The molecule has 2 aromatic rings. The first-order valence-corrected chi connectivity index (χ1v) is 6.56. The van der Waals surface area contributed by atoms with Crippen molar-refractivity contribution in [3.8, 4) is 0 Å². The van der Waals surface area contributed by atoms with Gasteiger partial charge < -0.3 is 10.6 Å². The summed E-state index contributed by atoms with van der Waals surface area (Å²) in [6, 6.07) is 8.75. The minimum Gasteiger partial charge on any atom is -0.313 e. The van der Waals surface area contributed by atoms with E-state index in [0.717, 1.165) is 42.4 Å². The molecule has 1 saturated carbocycles. The molecule has 0 aliphatic heterocycles. The van der Waals surface area contributed by atoms with Crippen LogP contribution in [0, 0.1) is 0 Å². The molecule has 3 rings (SSSR count). The van der Waals surface area contributed by atoms with E-state index >= 15 is 0 Å². The first kappa shape index (κ1) is 11.6. The third-order valence-electron chi connectivity index (χ3n) is 3.12. The normalized spacial score (nSPS) is 15.1. The monoisotopic (exact) mass is 242 g/mol. The number of hydrogen-bond acceptors (Lipinski definition) is 4. The zero-order chi connectivity index (χ0) is 12.2. The zero-order valence-corrected chi connectivity index (χ0v) is 10.4. The average Bonchev–Trinajstić information content (AvgIpc) is 3.22. The lowest BCUT2D eigenvalue weighted by Gasteiger charge is -2.05. The fraction of sp³-hybridized carbons (Fsp3) is 0.429. The highest BCUT2D eigenvalue weighted by Crippen LogP contribution is 2.17. The molecule has 94 valence electrons. The standard InChI is InChI=1S/C14H18N4/c1-2-4-14-13(3-1)17-10-12(18-14)9-15-7-8-16-11-5-6-11/h1-4,10-11,15-16H,5-9H2. The second-order valence-electron chi connectivity index (χ2n) is 4.76. The molecule has 0 unspecified atom stereocenters. The Balaban J connectivity index is 1.50. The summed E-state index contributed by atoms with van der Waals surface area (Å²) < 4.78 is 0. The summed E-state index contributed by atoms with van der Waals surface area (Å²) in [7, 11) is 0. The van der Waals surface area contributed by atoms with Gasteiger partial charge in [-0.15, -0.1) is 0 Å². The molecule has 4 nitrogen and oxygen atoms in total. The van der Waals surface area contributed by atoms with E-state index in [1.807, 2.05) is 30.5 Å². The lowest BCUT2D eigenvalue weighted by Crippen LogP contribution is -2.28. The third-order valence-corrected chi connectivity index (χ3v) is 3.12. The predicted molar refractivity (Wildman–Crippen MR) is 72.3 cm³/mol. The number of para-hydroxylation sites is 2. The Morgan fingerprint density at radius 3 is 2.78 bits per heavy atom. The van der Waals surface area contributed by atoms with Crippen LogP contribution >= 0.6 is 0 Å². The van der Waals surface area contributed by atoms with Gasteiger partial charge in [-0.05, 0) is 25.0 Å². The Labute approximate surface area is 107 Å². The predicted octanol–water partition coefficient (Wildman–Crippen LogP) is 1.47. The van der Waals surface area contributed by atoms with Gasteiger partial charge in [-0.1, -0.05) is 12.1 Å². The van der Waals surface area contributed by atoms with E-state index in [4.69, 9.17) is 0 Å². The molecule has 0 amide bonds. The van der Waals surface area contributed by atoms with E-state index in [1.165, 1.54) is 12.8 Å². The summed E-state index contributed by atoms with van der Waals surface area (Å²) in [5, 5.41) is 6.86. The summed E-state index contributed by atoms with van der Waals surface area (Å²) in [6.07, 6.45) is 4.54. The van der Waals surface area contributed by atoms with Gasteiger partial charge in [-0.2, -0.15) is 0 Å². The van der Waals surface area contributed by atoms with Gasteiger partial charge >= 0.3 is 0 Å². The molecule has 1 fully saturated rings. The molecule has 2 N–H and O–H groups in total. The molecular weight excluding hydrogens is 224 g/mol. The van der Waals surface area contributed by atoms with Crippen molar-refractivity contribution >= 4 is 11.0 Å². The number of aromatic nitrogens is 2. The third kappa shape index (κ3) is 3.03. The van der Waals surface area contributed by atoms with Crippen molar-refractivity contribution in [1.82, 2.24) is 20.6 Å². The van der Waals surface area contributed by atoms with Crippen LogP contribution in [0.15, 0.2) is 30.5 Å². The Morgan fingerprint density at radius 2 is 1.94 bits per heavy atom. The van der Waals surface area contributed by atoms with E-state index in [9.17, 15) is 0 Å². The molecule has 0 spiro atoms. The van der Waals surface area contributed by atoms with Crippen LogP contribution in [-0.4, -0.2) is 29.1 Å². The van der Waals surface area contributed by atoms with E-state index in [2.05, 4.69) is 20.6 Å². The van der Waals surface area contributed by atoms with Gasteiger partial charge in [0.1, 0.15) is 0 Å². The van der Waals surface area contributed by atoms with E-state index < -0.39 is 0 Å². The maximum atomic E-state index is 4.57. The molecular formula is C14H18N4. The number of fused-ring (bicyclic) bond motifs is 1. The Kier molecular flexibility index (Phi) is 3.48. The van der Waals surface area contributed by atoms with Crippen LogP contribution in [0.1, 0.15) is 18.5 Å². The molecule has 1 aliphatic carbocycles. The molecule has 0 atom stereocenters. The highest BCUT2D eigenvalue weighted by Gasteiger charge is 2.19. The van der Waals surface area contributed by atoms with Crippen LogP contribution in [0.4, 0.5) is 0 Å². The summed E-state index contributed by atoms with van der Waals surface area (Å²) in [4.78, 5) is 8.98. The van der Waals surface area contributed by atoms with E-state index in [-0.39, 0.29) is 0 Å². The molecule has 1 heterocycles. The van der Waals surface area contributed by atoms with Crippen molar-refractivity contribution in [1.29, 1.82) is 0 Å². The van der Waals surface area contributed by atoms with Crippen molar-refractivity contribution in [3.05, 3.63) is 36.2 Å². The molecule has 1 aromatic carbocycles. The number of nitrogens with zero attached hydrogens (tertiary/aromatic N) is 2. The largest absolute Gasteiger partial charge is 0.313 e. The fourth-order valence-corrected chi connectivity index (χ4v) is 1.95. The van der Waals surface area contributed by atoms with Gasteiger partial charge in [0.2, 0.25) is 0 Å². The number of rotatable bonds is 6. The van der Waals surface area contributed by atoms with Crippen LogP contribution in [0.3, 0.4) is 0 Å². The lowest BCUT2D eigenvalue weighted by atomic mass is 10.3. The number of nitrogens with one attached hydrogen (secondary N) is 2. The summed E-state index contributed by atoms with van der Waals surface area (Å²) in [5.74, 6) is 0. The van der Waals surface area contributed by atoms with Gasteiger partial charge in [-0.3, -0.25) is 4.98 Å². The average molecular weight is 242 g/mol. The first-order valence-electron chi connectivity index (χ1n) is 6.56. The topological polar surface area (TPSA) is 49.8 Å². The second kappa shape index (κ2) is 5.42. The summed E-state index contributed by atoms with van der Waals surface area (Å²) in [5.41, 5.74) is 2.92. The highest BCUT2D eigenvalue weighted by atomic mass is 15.0. The summed E-state index contributed by atoms with van der Waals surface area (Å²) >= 11 is 0. The van der Waals surface area contributed by atoms with E-state index in [1.54, 1.807) is 0 Å². The molecule has 1 aliphatic rings. The molecule has 18 heavy (non-hydrogen) atoms. The highest BCUT2D eigenvalue weighted by molar-refractivity contribution is 5.73. The van der Waals surface area contributed by atoms with Crippen molar-refractivity contribution < 1.29 is 0 Å². The maximum absolute atomic E-state index is 4.57. The van der Waals surface area contributed by atoms with Gasteiger partial charge in [0.05, 0.1) is 22.9 Å². The van der Waals surface area contributed by atoms with Crippen LogP contribution in [0.25, 0.3) is 11.0 Å². The van der Waals surface area contributed by atoms with Crippen molar-refractivity contribution in [3.63, 3.8) is 0 Å². The quantitative estimate of drug-likeness (QED) is 0.753. The van der Waals surface area contributed by atoms with Crippen molar-refractivity contribution in [2.45, 2.75) is 25.4 Å². The molecule has 1 aromatic heterocycles. The van der Waals surface area contributed by atoms with Gasteiger partial charge in [0, 0.05) is 25.7 Å². The minimum atomic E-state index is 0.782. The Morgan fingerprint density at radius 1 is 1.11 bits per heavy atom. The van der Waals surface area contributed by atoms with Crippen LogP contribution in [0.5, 0.6) is 0 Å². The molecule has 0 bridgehead atoms. The van der Waals surface area contributed by atoms with Gasteiger partial charge in [0.25, 0.3) is 0 Å². The molecule has 0 radical (unpaired) electrons. The van der Waals surface area contributed by atoms with Crippen LogP contribution < -0.4 is 10.6 Å². The maximum Gasteiger partial charge on any atom is 0.0890 e. The Hall–Kier alpha value is -1.52. The smallest absolute Gasteiger partial charge is 0.0890 e. The van der Waals surface area contributed by atoms with Gasteiger partial charge in [0.15, 0.2) is 0 Å². The van der Waals surface area contributed by atoms with Crippen molar-refractivity contribution in [2.75, 3.05) is 13.1 Å². The Bertz CT molecular complexity index is 522. The van der Waals surface area contributed by atoms with E-state index in [0.29, 0.717) is 0 Å². The number of benzene rings is 1. The summed E-state index contributed by atoms with van der Waals surface area (Å²) in [6.45, 7) is 2.79. The lowest BCUT2D eigenvalue weighted by molar-refractivity contribution is 0.604.